The van der Waals surface area contributed by atoms with Crippen molar-refractivity contribution in [2.24, 2.45) is 24.6 Å². The number of imidazole rings is 1. The van der Waals surface area contributed by atoms with Crippen LogP contribution in [0.2, 0.25) is 0 Å². The molecule has 2 bridgehead atoms. The monoisotopic (exact) mass is 628 g/mol. The Kier molecular flexibility index (Phi) is 6.98. The topological polar surface area (TPSA) is 98.6 Å². The third-order valence-corrected chi connectivity index (χ3v) is 10.7. The summed E-state index contributed by atoms with van der Waals surface area (Å²) in [5, 5.41) is 1.13. The summed E-state index contributed by atoms with van der Waals surface area (Å²) < 4.78 is 10.4. The fourth-order valence-corrected chi connectivity index (χ4v) is 7.80. The van der Waals surface area contributed by atoms with E-state index in [1.165, 1.54) is 18.9 Å². The Morgan fingerprint density at radius 3 is 2.57 bits per heavy atom. The van der Waals surface area contributed by atoms with Crippen molar-refractivity contribution in [3.63, 3.8) is 0 Å². The predicted molar refractivity (Wildman–Crippen MR) is 185 cm³/mol. The molecule has 1 saturated heterocycles. The van der Waals surface area contributed by atoms with Gasteiger partial charge in [-0.25, -0.2) is 4.98 Å². The number of carbonyl (C=O) groups is 2. The number of methoxy groups -OCH3 is 1. The zero-order valence-corrected chi connectivity index (χ0v) is 27.1. The summed E-state index contributed by atoms with van der Waals surface area (Å²) in [5.74, 6) is 2.33. The van der Waals surface area contributed by atoms with Gasteiger partial charge in [0.1, 0.15) is 11.3 Å². The van der Waals surface area contributed by atoms with Crippen LogP contribution in [0, 0.1) is 11.8 Å². The molecule has 9 heteroatoms. The zero-order valence-electron chi connectivity index (χ0n) is 27.1. The second-order valence-corrected chi connectivity index (χ2v) is 13.5. The number of amides is 2. The van der Waals surface area contributed by atoms with Crippen molar-refractivity contribution in [2.45, 2.75) is 44.3 Å². The molecular formula is C38H40N6O3. The number of fused-ring (bicyclic) bond motifs is 4. The van der Waals surface area contributed by atoms with Crippen LogP contribution in [-0.4, -0.2) is 63.6 Å². The summed E-state index contributed by atoms with van der Waals surface area (Å²) in [6.45, 7) is 5.25. The van der Waals surface area contributed by atoms with E-state index < -0.39 is 0 Å². The Hall–Kier alpha value is -4.89. The molecule has 0 spiro atoms. The first-order valence-corrected chi connectivity index (χ1v) is 16.5. The van der Waals surface area contributed by atoms with Crippen LogP contribution < -0.4 is 15.4 Å². The molecule has 2 aromatic heterocycles. The van der Waals surface area contributed by atoms with E-state index in [1.54, 1.807) is 19.1 Å². The number of nitrogens with zero attached hydrogens (tertiary/aromatic N) is 5. The van der Waals surface area contributed by atoms with E-state index in [-0.39, 0.29) is 23.9 Å². The maximum Gasteiger partial charge on any atom is 0.254 e. The number of rotatable bonds is 8. The SMILES string of the molecule is C=CC(=O)N(C)c1cccc(-c2ccc3cc(-c4nc5cc(C(=O)N6C[C@H]7CC[C@@H]6[C@@H]7N)cc(OC)c5n4C)n(CC4CC4)c3c2)c1. The van der Waals surface area contributed by atoms with Crippen molar-refractivity contribution < 1.29 is 14.3 Å². The lowest BCUT2D eigenvalue weighted by atomic mass is 10.0. The highest BCUT2D eigenvalue weighted by Crippen LogP contribution is 2.41. The van der Waals surface area contributed by atoms with E-state index in [0.29, 0.717) is 23.1 Å². The summed E-state index contributed by atoms with van der Waals surface area (Å²) in [5.41, 5.74) is 13.7. The Morgan fingerprint density at radius 2 is 1.87 bits per heavy atom. The quantitative estimate of drug-likeness (QED) is 0.213. The second-order valence-electron chi connectivity index (χ2n) is 13.5. The summed E-state index contributed by atoms with van der Waals surface area (Å²) in [6.07, 6.45) is 5.82. The average Bonchev–Trinajstić information content (AvgIpc) is 3.50. The Labute approximate surface area is 274 Å². The van der Waals surface area contributed by atoms with Crippen molar-refractivity contribution in [1.82, 2.24) is 19.0 Å². The standard InChI is InChI=1S/C38H40N6O3/c1-5-34(45)41(2)28-8-6-7-23(15-28)24-11-12-25-18-32(43(31(25)17-24)20-22-9-10-22)37-40-29-16-27(19-33(47-4)36(29)42(37)3)38(46)44-21-26-13-14-30(44)35(26)39/h5-8,11-12,15-19,22,26,30,35H,1,9-10,13-14,20-21,39H2,2-4H3/t26-,30-,35-/m1/s1. The first kappa shape index (κ1) is 29.5. The Morgan fingerprint density at radius 1 is 1.06 bits per heavy atom. The molecular weight excluding hydrogens is 588 g/mol. The van der Waals surface area contributed by atoms with Gasteiger partial charge in [-0.15, -0.1) is 0 Å². The van der Waals surface area contributed by atoms with Gasteiger partial charge in [0.15, 0.2) is 5.82 Å². The van der Waals surface area contributed by atoms with Crippen LogP contribution in [-0.2, 0) is 18.4 Å². The molecule has 2 saturated carbocycles. The van der Waals surface area contributed by atoms with Crippen LogP contribution in [0.1, 0.15) is 36.0 Å². The number of likely N-dealkylation sites (N-methyl/N-ethyl adjacent to an activating group) is 1. The Balaban J connectivity index is 1.21. The number of benzene rings is 3. The molecule has 3 aromatic carbocycles. The molecule has 2 amide bonds. The third kappa shape index (κ3) is 4.83. The first-order valence-electron chi connectivity index (χ1n) is 16.5. The minimum atomic E-state index is -0.150. The van der Waals surface area contributed by atoms with Crippen molar-refractivity contribution in [3.05, 3.63) is 78.9 Å². The van der Waals surface area contributed by atoms with E-state index >= 15 is 0 Å². The molecule has 47 heavy (non-hydrogen) atoms. The van der Waals surface area contributed by atoms with Gasteiger partial charge in [0, 0.05) is 61.4 Å². The molecule has 2 aliphatic carbocycles. The van der Waals surface area contributed by atoms with Gasteiger partial charge in [-0.05, 0) is 91.1 Å². The maximum atomic E-state index is 13.8. The third-order valence-electron chi connectivity index (χ3n) is 10.7. The van der Waals surface area contributed by atoms with Gasteiger partial charge in [-0.2, -0.15) is 0 Å². The van der Waals surface area contributed by atoms with Crippen LogP contribution in [0.25, 0.3) is 44.6 Å². The summed E-state index contributed by atoms with van der Waals surface area (Å²) in [7, 11) is 5.43. The van der Waals surface area contributed by atoms with Crippen LogP contribution in [0.3, 0.4) is 0 Å². The van der Waals surface area contributed by atoms with Gasteiger partial charge < -0.3 is 29.4 Å². The lowest BCUT2D eigenvalue weighted by Gasteiger charge is -2.27. The molecule has 0 unspecified atom stereocenters. The lowest BCUT2D eigenvalue weighted by Crippen LogP contribution is -2.41. The molecule has 1 aliphatic heterocycles. The smallest absolute Gasteiger partial charge is 0.254 e. The number of hydrogen-bond acceptors (Lipinski definition) is 5. The largest absolute Gasteiger partial charge is 0.494 e. The fraction of sp³-hybridized carbons (Fsp3) is 0.342. The van der Waals surface area contributed by atoms with E-state index in [0.717, 1.165) is 76.2 Å². The fourth-order valence-electron chi connectivity index (χ4n) is 7.80. The van der Waals surface area contributed by atoms with Crippen LogP contribution in [0.5, 0.6) is 5.75 Å². The van der Waals surface area contributed by atoms with Gasteiger partial charge >= 0.3 is 0 Å². The summed E-state index contributed by atoms with van der Waals surface area (Å²) in [6, 6.07) is 20.7. The normalized spacial score (nSPS) is 20.3. The van der Waals surface area contributed by atoms with Crippen molar-refractivity contribution in [1.29, 1.82) is 0 Å². The minimum Gasteiger partial charge on any atom is -0.494 e. The second kappa shape index (κ2) is 11.1. The molecule has 5 aromatic rings. The van der Waals surface area contributed by atoms with E-state index in [2.05, 4.69) is 46.0 Å². The lowest BCUT2D eigenvalue weighted by molar-refractivity contribution is -0.113. The van der Waals surface area contributed by atoms with Crippen molar-refractivity contribution >= 4 is 39.4 Å². The number of aromatic nitrogens is 3. The van der Waals surface area contributed by atoms with E-state index in [1.807, 2.05) is 42.3 Å². The summed E-state index contributed by atoms with van der Waals surface area (Å²) in [4.78, 5) is 34.8. The number of piperidine rings is 1. The van der Waals surface area contributed by atoms with Gasteiger partial charge in [0.25, 0.3) is 5.91 Å². The van der Waals surface area contributed by atoms with Crippen LogP contribution in [0.4, 0.5) is 5.69 Å². The number of nitrogens with two attached hydrogens (primary N) is 1. The highest BCUT2D eigenvalue weighted by Gasteiger charge is 2.47. The summed E-state index contributed by atoms with van der Waals surface area (Å²) >= 11 is 0. The van der Waals surface area contributed by atoms with Gasteiger partial charge in [0.05, 0.1) is 18.3 Å². The number of aryl methyl sites for hydroxylation is 1. The molecule has 2 N–H and O–H groups in total. The van der Waals surface area contributed by atoms with Crippen LogP contribution in [0.15, 0.2) is 73.3 Å². The van der Waals surface area contributed by atoms with E-state index in [4.69, 9.17) is 15.5 Å². The molecule has 9 nitrogen and oxygen atoms in total. The van der Waals surface area contributed by atoms with Gasteiger partial charge in [-0.3, -0.25) is 9.59 Å². The molecule has 0 radical (unpaired) electrons. The predicted octanol–water partition coefficient (Wildman–Crippen LogP) is 5.99. The molecule has 3 atom stereocenters. The van der Waals surface area contributed by atoms with Gasteiger partial charge in [0.2, 0.25) is 5.91 Å². The molecule has 3 heterocycles. The highest BCUT2D eigenvalue weighted by molar-refractivity contribution is 6.02. The highest BCUT2D eigenvalue weighted by atomic mass is 16.5. The minimum absolute atomic E-state index is 0.000416. The first-order chi connectivity index (χ1) is 22.7. The molecule has 240 valence electrons. The van der Waals surface area contributed by atoms with Crippen LogP contribution >= 0.6 is 0 Å². The number of likely N-dealkylation sites (tertiary alicyclic amines) is 1. The van der Waals surface area contributed by atoms with Crippen molar-refractivity contribution in [3.8, 4) is 28.4 Å². The van der Waals surface area contributed by atoms with E-state index in [9.17, 15) is 9.59 Å². The molecule has 3 fully saturated rings. The maximum absolute atomic E-state index is 13.8. The van der Waals surface area contributed by atoms with Crippen molar-refractivity contribution in [2.75, 3.05) is 25.6 Å². The number of hydrogen-bond donors (Lipinski definition) is 1. The molecule has 3 aliphatic rings. The Bertz CT molecular complexity index is 2090. The zero-order chi connectivity index (χ0) is 32.6. The van der Waals surface area contributed by atoms with Gasteiger partial charge in [-0.1, -0.05) is 30.8 Å². The average molecular weight is 629 g/mol. The number of anilines is 1. The number of carbonyl (C=O) groups excluding carboxylic acids is 2. The molecule has 8 rings (SSSR count). The number of ether oxygens (including phenoxy) is 1.